The Morgan fingerprint density at radius 3 is 2.75 bits per heavy atom. The van der Waals surface area contributed by atoms with E-state index < -0.39 is 15.4 Å². The number of ether oxygens (including phenoxy) is 1. The molecule has 0 saturated carbocycles. The molecule has 5 rings (SSSR count). The zero-order valence-corrected chi connectivity index (χ0v) is 18.9. The van der Waals surface area contributed by atoms with Gasteiger partial charge in [-0.3, -0.25) is 19.1 Å². The molecule has 2 saturated heterocycles. The average molecular weight is 459 g/mol. The molecule has 0 bridgehead atoms. The average Bonchev–Trinajstić information content (AvgIpc) is 3.42. The van der Waals surface area contributed by atoms with Crippen molar-refractivity contribution in [1.82, 2.24) is 29.9 Å². The topological polar surface area (TPSA) is 121 Å². The molecule has 1 amide bonds. The molecule has 5 heterocycles. The van der Waals surface area contributed by atoms with Crippen LogP contribution in [-0.2, 0) is 21.6 Å². The third-order valence-corrected chi connectivity index (χ3v) is 8.23. The van der Waals surface area contributed by atoms with E-state index >= 15 is 0 Å². The normalized spacial score (nSPS) is 23.6. The lowest BCUT2D eigenvalue weighted by atomic mass is 10.0. The molecule has 2 fully saturated rings. The molecule has 1 unspecified atom stereocenters. The monoisotopic (exact) mass is 458 g/mol. The molecule has 11 heteroatoms. The quantitative estimate of drug-likeness (QED) is 0.629. The van der Waals surface area contributed by atoms with Gasteiger partial charge in [-0.1, -0.05) is 0 Å². The van der Waals surface area contributed by atoms with E-state index in [0.29, 0.717) is 36.4 Å². The number of carbonyl (C=O) groups excluding carboxylic acids is 1. The van der Waals surface area contributed by atoms with Gasteiger partial charge in [-0.2, -0.15) is 10.2 Å². The van der Waals surface area contributed by atoms with E-state index in [1.54, 1.807) is 23.9 Å². The summed E-state index contributed by atoms with van der Waals surface area (Å²) in [4.78, 5) is 17.6. The Morgan fingerprint density at radius 1 is 1.31 bits per heavy atom. The summed E-state index contributed by atoms with van der Waals surface area (Å²) in [6.45, 7) is 3.09. The summed E-state index contributed by atoms with van der Waals surface area (Å²) in [5.74, 6) is -0.293. The summed E-state index contributed by atoms with van der Waals surface area (Å²) in [6.07, 6.45) is 5.30. The number of nitrogens with zero attached hydrogens (tertiary/aromatic N) is 5. The Bertz CT molecular complexity index is 1290. The Hall–Kier alpha value is -2.79. The standard InChI is InChI=1S/C21H26N6O4S/c1-21(6-10-32(29,30)13-21)24-20(28)14-11-17-18(22-12-14)19(16-3-7-23-26(16)2)25-27(17)15-4-8-31-9-5-15/h3,7,11-12,15H,4-6,8-10,13H2,1-2H3,(H,24,28). The van der Waals surface area contributed by atoms with Crippen molar-refractivity contribution < 1.29 is 17.9 Å². The maximum absolute atomic E-state index is 13.0. The summed E-state index contributed by atoms with van der Waals surface area (Å²) in [5, 5.41) is 12.0. The van der Waals surface area contributed by atoms with Crippen molar-refractivity contribution in [3.05, 3.63) is 30.1 Å². The molecule has 1 atom stereocenters. The molecule has 0 aromatic carbocycles. The van der Waals surface area contributed by atoms with Crippen LogP contribution in [0.2, 0.25) is 0 Å². The van der Waals surface area contributed by atoms with Gasteiger partial charge in [0.2, 0.25) is 0 Å². The van der Waals surface area contributed by atoms with E-state index in [4.69, 9.17) is 9.84 Å². The van der Waals surface area contributed by atoms with E-state index in [1.165, 1.54) is 6.20 Å². The molecule has 1 N–H and O–H groups in total. The largest absolute Gasteiger partial charge is 0.381 e. The van der Waals surface area contributed by atoms with Gasteiger partial charge in [0.05, 0.1) is 39.9 Å². The van der Waals surface area contributed by atoms with E-state index in [0.717, 1.165) is 24.1 Å². The maximum Gasteiger partial charge on any atom is 0.253 e. The van der Waals surface area contributed by atoms with Crippen molar-refractivity contribution >= 4 is 26.8 Å². The molecule has 2 aliphatic heterocycles. The second-order valence-corrected chi connectivity index (χ2v) is 11.1. The number of aromatic nitrogens is 5. The maximum atomic E-state index is 13.0. The van der Waals surface area contributed by atoms with Crippen molar-refractivity contribution in [1.29, 1.82) is 0 Å². The van der Waals surface area contributed by atoms with E-state index in [1.807, 2.05) is 17.8 Å². The van der Waals surface area contributed by atoms with E-state index in [9.17, 15) is 13.2 Å². The summed E-state index contributed by atoms with van der Waals surface area (Å²) in [5.41, 5.74) is 2.64. The molecule has 2 aliphatic rings. The second kappa shape index (κ2) is 7.66. The van der Waals surface area contributed by atoms with Crippen LogP contribution in [0.15, 0.2) is 24.5 Å². The number of pyridine rings is 1. The van der Waals surface area contributed by atoms with Crippen LogP contribution in [0.5, 0.6) is 0 Å². The number of aryl methyl sites for hydroxylation is 1. The number of fused-ring (bicyclic) bond motifs is 1. The smallest absolute Gasteiger partial charge is 0.253 e. The first-order chi connectivity index (χ1) is 15.2. The molecule has 170 valence electrons. The van der Waals surface area contributed by atoms with Crippen molar-refractivity contribution in [2.45, 2.75) is 37.8 Å². The first kappa shape index (κ1) is 21.1. The molecule has 32 heavy (non-hydrogen) atoms. The fourth-order valence-electron chi connectivity index (χ4n) is 4.59. The predicted molar refractivity (Wildman–Crippen MR) is 118 cm³/mol. The van der Waals surface area contributed by atoms with Gasteiger partial charge in [-0.05, 0) is 38.3 Å². The first-order valence-corrected chi connectivity index (χ1v) is 12.5. The number of nitrogens with one attached hydrogen (secondary N) is 1. The number of hydrogen-bond donors (Lipinski definition) is 1. The Morgan fingerprint density at radius 2 is 2.09 bits per heavy atom. The van der Waals surface area contributed by atoms with Gasteiger partial charge < -0.3 is 10.1 Å². The van der Waals surface area contributed by atoms with Crippen LogP contribution in [0.4, 0.5) is 0 Å². The summed E-state index contributed by atoms with van der Waals surface area (Å²) < 4.78 is 33.0. The number of carbonyl (C=O) groups is 1. The highest BCUT2D eigenvalue weighted by molar-refractivity contribution is 7.91. The molecular formula is C21H26N6O4S. The van der Waals surface area contributed by atoms with Gasteiger partial charge in [0, 0.05) is 32.7 Å². The number of sulfone groups is 1. The van der Waals surface area contributed by atoms with Crippen LogP contribution >= 0.6 is 0 Å². The predicted octanol–water partition coefficient (Wildman–Crippen LogP) is 1.49. The number of hydrogen-bond acceptors (Lipinski definition) is 7. The van der Waals surface area contributed by atoms with Gasteiger partial charge in [-0.25, -0.2) is 8.42 Å². The fourth-order valence-corrected chi connectivity index (χ4v) is 6.68. The third kappa shape index (κ3) is 3.79. The van der Waals surface area contributed by atoms with Gasteiger partial charge in [-0.15, -0.1) is 0 Å². The van der Waals surface area contributed by atoms with Gasteiger partial charge in [0.15, 0.2) is 9.84 Å². The van der Waals surface area contributed by atoms with Crippen molar-refractivity contribution in [3.63, 3.8) is 0 Å². The van der Waals surface area contributed by atoms with Crippen molar-refractivity contribution in [2.24, 2.45) is 7.05 Å². The van der Waals surface area contributed by atoms with Crippen LogP contribution in [-0.4, -0.2) is 69.1 Å². The Kier molecular flexibility index (Phi) is 5.05. The summed E-state index contributed by atoms with van der Waals surface area (Å²) in [7, 11) is -1.27. The molecule has 0 aliphatic carbocycles. The van der Waals surface area contributed by atoms with Crippen molar-refractivity contribution in [3.8, 4) is 11.4 Å². The molecular weight excluding hydrogens is 432 g/mol. The highest BCUT2D eigenvalue weighted by Crippen LogP contribution is 2.32. The molecule has 3 aromatic rings. The fraction of sp³-hybridized carbons (Fsp3) is 0.524. The first-order valence-electron chi connectivity index (χ1n) is 10.7. The Labute approximate surface area is 185 Å². The lowest BCUT2D eigenvalue weighted by Gasteiger charge is -2.24. The van der Waals surface area contributed by atoms with Gasteiger partial charge >= 0.3 is 0 Å². The molecule has 0 spiro atoms. The third-order valence-electron chi connectivity index (χ3n) is 6.33. The Balaban J connectivity index is 1.55. The van der Waals surface area contributed by atoms with Crippen LogP contribution in [0.25, 0.3) is 22.4 Å². The SMILES string of the molecule is Cn1nccc1-c1nn(C2CCOCC2)c2cc(C(=O)NC3(C)CCS(=O)(=O)C3)cnc12. The van der Waals surface area contributed by atoms with Gasteiger partial charge in [0.1, 0.15) is 11.2 Å². The molecule has 0 radical (unpaired) electrons. The highest BCUT2D eigenvalue weighted by Gasteiger charge is 2.39. The van der Waals surface area contributed by atoms with E-state index in [2.05, 4.69) is 15.4 Å². The van der Waals surface area contributed by atoms with Crippen molar-refractivity contribution in [2.75, 3.05) is 24.7 Å². The van der Waals surface area contributed by atoms with Crippen LogP contribution < -0.4 is 5.32 Å². The number of amides is 1. The van der Waals surface area contributed by atoms with Gasteiger partial charge in [0.25, 0.3) is 5.91 Å². The molecule has 3 aromatic heterocycles. The summed E-state index contributed by atoms with van der Waals surface area (Å²) >= 11 is 0. The van der Waals surface area contributed by atoms with Crippen LogP contribution in [0.3, 0.4) is 0 Å². The van der Waals surface area contributed by atoms with E-state index in [-0.39, 0.29) is 23.5 Å². The van der Waals surface area contributed by atoms with Crippen LogP contribution in [0.1, 0.15) is 42.6 Å². The lowest BCUT2D eigenvalue weighted by molar-refractivity contribution is 0.0675. The van der Waals surface area contributed by atoms with Crippen LogP contribution in [0, 0.1) is 0 Å². The minimum Gasteiger partial charge on any atom is -0.381 e. The second-order valence-electron chi connectivity index (χ2n) is 8.93. The minimum atomic E-state index is -3.13. The minimum absolute atomic E-state index is 0.0495. The zero-order valence-electron chi connectivity index (χ0n) is 18.1. The number of rotatable bonds is 4. The summed E-state index contributed by atoms with van der Waals surface area (Å²) in [6, 6.07) is 3.83. The molecule has 10 nitrogen and oxygen atoms in total. The highest BCUT2D eigenvalue weighted by atomic mass is 32.2. The zero-order chi connectivity index (χ0) is 22.5. The lowest BCUT2D eigenvalue weighted by Crippen LogP contribution is -2.46.